The fraction of sp³-hybridized carbons (Fsp3) is 0.263. The lowest BCUT2D eigenvalue weighted by molar-refractivity contribution is -0.121. The summed E-state index contributed by atoms with van der Waals surface area (Å²) in [5.41, 5.74) is 0.127. The first-order chi connectivity index (χ1) is 12.9. The molecule has 2 heterocycles. The van der Waals surface area contributed by atoms with E-state index >= 15 is 0 Å². The molecule has 0 N–H and O–H groups in total. The summed E-state index contributed by atoms with van der Waals surface area (Å²) in [6.07, 6.45) is -0.124. The largest absolute Gasteiger partial charge is 0.309 e. The van der Waals surface area contributed by atoms with Gasteiger partial charge in [-0.25, -0.2) is 14.0 Å². The van der Waals surface area contributed by atoms with E-state index in [2.05, 4.69) is 0 Å². The van der Waals surface area contributed by atoms with Gasteiger partial charge in [-0.05, 0) is 43.4 Å². The molecule has 0 aromatic heterocycles. The molecule has 6 nitrogen and oxygen atoms in total. The van der Waals surface area contributed by atoms with Gasteiger partial charge in [-0.15, -0.1) is 0 Å². The average Bonchev–Trinajstić information content (AvgIpc) is 3.14. The van der Waals surface area contributed by atoms with Gasteiger partial charge in [0.25, 0.3) is 7.44 Å². The van der Waals surface area contributed by atoms with Crippen LogP contribution in [-0.2, 0) is 14.2 Å². The first-order valence-electron chi connectivity index (χ1n) is 8.69. The monoisotopic (exact) mass is 387 g/mol. The average molecular weight is 387 g/mol. The number of anilines is 2. The Hall–Kier alpha value is -2.50. The second-order valence-corrected chi connectivity index (χ2v) is 9.66. The standard InChI is InChI=1S/C19H19FN3O3P/c1-21-11-12-22(15-5-3-2-4-6-15)27(21,26)17-13-18(24)23(19(17)25)16-9-7-14(20)8-10-16/h2-10,17H,11-13H2,1H3. The zero-order valence-electron chi connectivity index (χ0n) is 14.8. The van der Waals surface area contributed by atoms with E-state index < -0.39 is 30.7 Å². The first kappa shape index (κ1) is 17.9. The van der Waals surface area contributed by atoms with Crippen LogP contribution in [0.3, 0.4) is 0 Å². The number of likely N-dealkylation sites (N-methyl/N-ethyl adjacent to an activating group) is 1. The molecule has 0 aliphatic carbocycles. The highest BCUT2D eigenvalue weighted by Crippen LogP contribution is 2.63. The molecule has 0 radical (unpaired) electrons. The van der Waals surface area contributed by atoms with Crippen molar-refractivity contribution >= 4 is 30.6 Å². The molecule has 140 valence electrons. The molecule has 2 amide bonds. The summed E-state index contributed by atoms with van der Waals surface area (Å²) in [5.74, 6) is -1.36. The van der Waals surface area contributed by atoms with Gasteiger partial charge in [0.1, 0.15) is 11.5 Å². The number of benzene rings is 2. The zero-order chi connectivity index (χ0) is 19.2. The van der Waals surface area contributed by atoms with Crippen molar-refractivity contribution in [2.75, 3.05) is 29.7 Å². The van der Waals surface area contributed by atoms with Crippen molar-refractivity contribution in [3.05, 3.63) is 60.4 Å². The van der Waals surface area contributed by atoms with Gasteiger partial charge in [0.2, 0.25) is 11.8 Å². The van der Waals surface area contributed by atoms with Crippen LogP contribution in [-0.4, -0.2) is 42.3 Å². The van der Waals surface area contributed by atoms with Gasteiger partial charge >= 0.3 is 0 Å². The molecule has 2 aliphatic heterocycles. The van der Waals surface area contributed by atoms with Crippen LogP contribution in [0.15, 0.2) is 54.6 Å². The Labute approximate surface area is 156 Å². The lowest BCUT2D eigenvalue weighted by atomic mass is 10.3. The van der Waals surface area contributed by atoms with Crippen molar-refractivity contribution in [3.63, 3.8) is 0 Å². The van der Waals surface area contributed by atoms with E-state index in [0.29, 0.717) is 18.8 Å². The van der Waals surface area contributed by atoms with E-state index in [0.717, 1.165) is 10.6 Å². The maximum absolute atomic E-state index is 14.1. The van der Waals surface area contributed by atoms with Crippen LogP contribution >= 0.6 is 7.44 Å². The molecule has 2 saturated heterocycles. The van der Waals surface area contributed by atoms with Gasteiger partial charge < -0.3 is 4.67 Å². The number of carbonyl (C=O) groups excluding carboxylic acids is 2. The molecule has 4 rings (SSSR count). The number of carbonyl (C=O) groups is 2. The zero-order valence-corrected chi connectivity index (χ0v) is 15.7. The highest BCUT2D eigenvalue weighted by atomic mass is 31.2. The lowest BCUT2D eigenvalue weighted by Gasteiger charge is -2.33. The van der Waals surface area contributed by atoms with Gasteiger partial charge in [0, 0.05) is 25.2 Å². The van der Waals surface area contributed by atoms with Crippen molar-refractivity contribution < 1.29 is 18.5 Å². The van der Waals surface area contributed by atoms with Crippen molar-refractivity contribution in [2.24, 2.45) is 0 Å². The summed E-state index contributed by atoms with van der Waals surface area (Å²) in [5, 5.41) is 0. The molecule has 2 atom stereocenters. The van der Waals surface area contributed by atoms with Crippen LogP contribution in [0.4, 0.5) is 15.8 Å². The molecule has 2 aliphatic rings. The van der Waals surface area contributed by atoms with E-state index in [4.69, 9.17) is 0 Å². The molecule has 8 heteroatoms. The molecule has 27 heavy (non-hydrogen) atoms. The summed E-state index contributed by atoms with van der Waals surface area (Å²) < 4.78 is 30.7. The SMILES string of the molecule is CN1CCN(c2ccccc2)P1(=O)C1CC(=O)N(c2ccc(F)cc2)C1=O. The molecule has 0 saturated carbocycles. The Morgan fingerprint density at radius 2 is 1.63 bits per heavy atom. The number of nitrogens with zero attached hydrogens (tertiary/aromatic N) is 3. The summed E-state index contributed by atoms with van der Waals surface area (Å²) >= 11 is 0. The lowest BCUT2D eigenvalue weighted by Crippen LogP contribution is -2.35. The van der Waals surface area contributed by atoms with Gasteiger partial charge in [0.05, 0.1) is 5.69 Å². The minimum absolute atomic E-state index is 0.124. The number of hydrogen-bond acceptors (Lipinski definition) is 3. The maximum Gasteiger partial charge on any atom is 0.252 e. The van der Waals surface area contributed by atoms with Gasteiger partial charge in [-0.3, -0.25) is 14.2 Å². The molecule has 0 spiro atoms. The predicted molar refractivity (Wildman–Crippen MR) is 101 cm³/mol. The number of halogens is 1. The molecular formula is C19H19FN3O3P. The van der Waals surface area contributed by atoms with E-state index in [1.54, 1.807) is 16.4 Å². The fourth-order valence-corrected chi connectivity index (χ4v) is 6.95. The van der Waals surface area contributed by atoms with E-state index in [1.807, 2.05) is 30.3 Å². The predicted octanol–water partition coefficient (Wildman–Crippen LogP) is 3.10. The van der Waals surface area contributed by atoms with Crippen LogP contribution in [0.25, 0.3) is 0 Å². The Balaban J connectivity index is 1.71. The van der Waals surface area contributed by atoms with E-state index in [-0.39, 0.29) is 6.42 Å². The van der Waals surface area contributed by atoms with Crippen molar-refractivity contribution in [2.45, 2.75) is 12.1 Å². The van der Waals surface area contributed by atoms with Crippen LogP contribution < -0.4 is 9.57 Å². The quantitative estimate of drug-likeness (QED) is 0.598. The number of imide groups is 1. The smallest absolute Gasteiger partial charge is 0.252 e. The molecule has 0 bridgehead atoms. The minimum atomic E-state index is -3.32. The van der Waals surface area contributed by atoms with Crippen molar-refractivity contribution in [1.29, 1.82) is 0 Å². The Morgan fingerprint density at radius 1 is 0.963 bits per heavy atom. The summed E-state index contributed by atoms with van der Waals surface area (Å²) in [6, 6.07) is 14.4. The van der Waals surface area contributed by atoms with Crippen LogP contribution in [0.5, 0.6) is 0 Å². The highest BCUT2D eigenvalue weighted by molar-refractivity contribution is 7.65. The molecular weight excluding hydrogens is 368 g/mol. The van der Waals surface area contributed by atoms with Gasteiger partial charge in [-0.1, -0.05) is 18.2 Å². The molecule has 2 fully saturated rings. The highest BCUT2D eigenvalue weighted by Gasteiger charge is 2.56. The normalized spacial score (nSPS) is 26.2. The van der Waals surface area contributed by atoms with Crippen molar-refractivity contribution in [3.8, 4) is 0 Å². The van der Waals surface area contributed by atoms with E-state index in [1.165, 1.54) is 24.3 Å². The fourth-order valence-electron chi connectivity index (χ4n) is 3.75. The third-order valence-electron chi connectivity index (χ3n) is 5.14. The van der Waals surface area contributed by atoms with Crippen LogP contribution in [0.1, 0.15) is 6.42 Å². The summed E-state index contributed by atoms with van der Waals surface area (Å²) in [6.45, 7) is 1.06. The van der Waals surface area contributed by atoms with E-state index in [9.17, 15) is 18.5 Å². The number of hydrogen-bond donors (Lipinski definition) is 0. The van der Waals surface area contributed by atoms with Crippen LogP contribution in [0, 0.1) is 5.82 Å². The number of para-hydroxylation sites is 1. The first-order valence-corrected chi connectivity index (χ1v) is 10.4. The maximum atomic E-state index is 14.1. The Kier molecular flexibility index (Phi) is 4.36. The second-order valence-electron chi connectivity index (χ2n) is 6.69. The van der Waals surface area contributed by atoms with Gasteiger partial charge in [0.15, 0.2) is 0 Å². The molecule has 2 aromatic rings. The second kappa shape index (κ2) is 6.59. The topological polar surface area (TPSA) is 60.9 Å². The number of amides is 2. The summed E-state index contributed by atoms with van der Waals surface area (Å²) in [4.78, 5) is 26.7. The third-order valence-corrected chi connectivity index (χ3v) is 8.66. The third kappa shape index (κ3) is 2.78. The van der Waals surface area contributed by atoms with Crippen molar-refractivity contribution in [1.82, 2.24) is 4.67 Å². The molecule has 2 unspecified atom stereocenters. The van der Waals surface area contributed by atoms with Gasteiger partial charge in [-0.2, -0.15) is 0 Å². The summed E-state index contributed by atoms with van der Waals surface area (Å²) in [7, 11) is -1.60. The minimum Gasteiger partial charge on any atom is -0.309 e. The Morgan fingerprint density at radius 3 is 2.30 bits per heavy atom. The Bertz CT molecular complexity index is 935. The number of rotatable bonds is 3. The van der Waals surface area contributed by atoms with Crippen LogP contribution in [0.2, 0.25) is 0 Å². The molecule has 2 aromatic carbocycles.